The highest BCUT2D eigenvalue weighted by molar-refractivity contribution is 5.99. The van der Waals surface area contributed by atoms with Crippen LogP contribution in [0.4, 0.5) is 4.39 Å². The molecule has 2 aromatic heterocycles. The van der Waals surface area contributed by atoms with Gasteiger partial charge in [0, 0.05) is 0 Å². The maximum absolute atomic E-state index is 13.6. The van der Waals surface area contributed by atoms with Crippen molar-refractivity contribution in [3.05, 3.63) is 105 Å². The van der Waals surface area contributed by atoms with E-state index in [1.54, 1.807) is 30.3 Å². The molecule has 0 saturated heterocycles. The molecule has 2 aromatic carbocycles. The van der Waals surface area contributed by atoms with E-state index in [1.165, 1.54) is 23.3 Å². The summed E-state index contributed by atoms with van der Waals surface area (Å²) in [6.07, 6.45) is 1.53. The van der Waals surface area contributed by atoms with Crippen molar-refractivity contribution < 1.29 is 18.0 Å². The summed E-state index contributed by atoms with van der Waals surface area (Å²) in [7, 11) is 0. The zero-order valence-corrected chi connectivity index (χ0v) is 16.4. The molecule has 0 N–H and O–H groups in total. The van der Waals surface area contributed by atoms with Gasteiger partial charge in [0.25, 0.3) is 5.91 Å². The molecular weight excluding hydrogens is 385 g/mol. The molecule has 4 aromatic rings. The van der Waals surface area contributed by atoms with E-state index in [1.807, 2.05) is 19.9 Å². The predicted molar refractivity (Wildman–Crippen MR) is 109 cm³/mol. The van der Waals surface area contributed by atoms with E-state index in [4.69, 9.17) is 8.83 Å². The van der Waals surface area contributed by atoms with E-state index >= 15 is 0 Å². The molecule has 5 rings (SSSR count). The Morgan fingerprint density at radius 2 is 1.83 bits per heavy atom. The predicted octanol–water partition coefficient (Wildman–Crippen LogP) is 4.89. The minimum absolute atomic E-state index is 0.0263. The third-order valence-corrected chi connectivity index (χ3v) is 5.50. The van der Waals surface area contributed by atoms with Crippen molar-refractivity contribution in [3.63, 3.8) is 0 Å². The molecule has 0 aliphatic carbocycles. The molecule has 30 heavy (non-hydrogen) atoms. The second-order valence-corrected chi connectivity index (χ2v) is 7.60. The largest absolute Gasteiger partial charge is 0.467 e. The van der Waals surface area contributed by atoms with Crippen LogP contribution in [0, 0.1) is 19.7 Å². The van der Waals surface area contributed by atoms with Gasteiger partial charge in [0.1, 0.15) is 17.2 Å². The summed E-state index contributed by atoms with van der Waals surface area (Å²) >= 11 is 0. The van der Waals surface area contributed by atoms with Crippen molar-refractivity contribution in [3.8, 4) is 0 Å². The van der Waals surface area contributed by atoms with Crippen LogP contribution in [-0.2, 0) is 6.54 Å². The van der Waals surface area contributed by atoms with Crippen LogP contribution in [0.2, 0.25) is 0 Å². The third kappa shape index (κ3) is 2.76. The highest BCUT2D eigenvalue weighted by Crippen LogP contribution is 2.39. The molecule has 0 unspecified atom stereocenters. The topological polar surface area (TPSA) is 63.7 Å². The Bertz CT molecular complexity index is 1340. The van der Waals surface area contributed by atoms with Gasteiger partial charge in [0.05, 0.1) is 29.8 Å². The van der Waals surface area contributed by atoms with Crippen LogP contribution < -0.4 is 5.43 Å². The number of nitrogens with zero attached hydrogens (tertiary/aromatic N) is 1. The van der Waals surface area contributed by atoms with Gasteiger partial charge in [-0.1, -0.05) is 18.2 Å². The number of carbonyl (C=O) groups is 1. The van der Waals surface area contributed by atoms with Crippen LogP contribution in [0.1, 0.15) is 44.6 Å². The number of benzene rings is 2. The average molecular weight is 403 g/mol. The summed E-state index contributed by atoms with van der Waals surface area (Å²) in [5, 5.41) is 0.458. The van der Waals surface area contributed by atoms with Crippen molar-refractivity contribution >= 4 is 16.9 Å². The Balaban J connectivity index is 1.78. The lowest BCUT2D eigenvalue weighted by Crippen LogP contribution is -2.29. The van der Waals surface area contributed by atoms with E-state index in [-0.39, 0.29) is 23.3 Å². The zero-order chi connectivity index (χ0) is 21.0. The summed E-state index contributed by atoms with van der Waals surface area (Å²) in [6.45, 7) is 3.92. The van der Waals surface area contributed by atoms with Gasteiger partial charge in [-0.3, -0.25) is 9.59 Å². The summed E-state index contributed by atoms with van der Waals surface area (Å²) in [5.41, 5.74) is 2.78. The fraction of sp³-hybridized carbons (Fsp3) is 0.167. The van der Waals surface area contributed by atoms with Crippen LogP contribution in [0.15, 0.2) is 68.4 Å². The maximum atomic E-state index is 13.6. The van der Waals surface area contributed by atoms with Crippen LogP contribution in [0.5, 0.6) is 0 Å². The van der Waals surface area contributed by atoms with Crippen LogP contribution in [-0.4, -0.2) is 10.8 Å². The lowest BCUT2D eigenvalue weighted by atomic mass is 9.97. The van der Waals surface area contributed by atoms with Crippen molar-refractivity contribution in [2.45, 2.75) is 26.4 Å². The summed E-state index contributed by atoms with van der Waals surface area (Å²) in [6, 6.07) is 12.3. The number of fused-ring (bicyclic) bond motifs is 2. The van der Waals surface area contributed by atoms with Crippen LogP contribution >= 0.6 is 0 Å². The molecular formula is C24H18FNO4. The highest BCUT2D eigenvalue weighted by Gasteiger charge is 2.43. The fourth-order valence-electron chi connectivity index (χ4n) is 4.24. The van der Waals surface area contributed by atoms with E-state index in [0.29, 0.717) is 22.3 Å². The first-order valence-corrected chi connectivity index (χ1v) is 9.61. The number of halogens is 1. The van der Waals surface area contributed by atoms with Gasteiger partial charge in [-0.25, -0.2) is 4.39 Å². The molecule has 6 heteroatoms. The molecule has 1 aliphatic rings. The monoisotopic (exact) mass is 403 g/mol. The molecule has 0 fully saturated rings. The lowest BCUT2D eigenvalue weighted by Gasteiger charge is -2.24. The first kappa shape index (κ1) is 18.4. The number of carbonyl (C=O) groups excluding carboxylic acids is 1. The van der Waals surface area contributed by atoms with Gasteiger partial charge in [-0.2, -0.15) is 0 Å². The fourth-order valence-corrected chi connectivity index (χ4v) is 4.24. The molecule has 0 saturated carbocycles. The smallest absolute Gasteiger partial charge is 0.291 e. The summed E-state index contributed by atoms with van der Waals surface area (Å²) < 4.78 is 25.0. The molecule has 5 nitrogen and oxygen atoms in total. The van der Waals surface area contributed by atoms with Crippen molar-refractivity contribution in [1.82, 2.24) is 4.90 Å². The van der Waals surface area contributed by atoms with Crippen molar-refractivity contribution in [1.29, 1.82) is 0 Å². The first-order chi connectivity index (χ1) is 14.4. The number of hydrogen-bond acceptors (Lipinski definition) is 4. The number of hydrogen-bond donors (Lipinski definition) is 0. The van der Waals surface area contributed by atoms with Crippen LogP contribution in [0.3, 0.4) is 0 Å². The Hall–Kier alpha value is -3.67. The van der Waals surface area contributed by atoms with E-state index < -0.39 is 17.8 Å². The molecule has 1 atom stereocenters. The number of rotatable bonds is 3. The molecule has 0 bridgehead atoms. The highest BCUT2D eigenvalue weighted by atomic mass is 19.1. The summed E-state index contributed by atoms with van der Waals surface area (Å²) in [4.78, 5) is 28.4. The third-order valence-electron chi connectivity index (χ3n) is 5.50. The van der Waals surface area contributed by atoms with E-state index in [0.717, 1.165) is 11.1 Å². The van der Waals surface area contributed by atoms with E-state index in [2.05, 4.69) is 0 Å². The van der Waals surface area contributed by atoms with Gasteiger partial charge in [-0.15, -0.1) is 0 Å². The number of furan rings is 1. The SMILES string of the molecule is Cc1cc(C)c2c(=O)c3c(oc2c1)C(=O)N(Cc1ccco1)[C@@H]3c1ccc(F)cc1. The van der Waals surface area contributed by atoms with E-state index in [9.17, 15) is 14.0 Å². The van der Waals surface area contributed by atoms with Crippen molar-refractivity contribution in [2.24, 2.45) is 0 Å². The van der Waals surface area contributed by atoms with Gasteiger partial charge >= 0.3 is 0 Å². The second kappa shape index (κ2) is 6.69. The van der Waals surface area contributed by atoms with Crippen molar-refractivity contribution in [2.75, 3.05) is 0 Å². The van der Waals surface area contributed by atoms with Gasteiger partial charge < -0.3 is 13.7 Å². The van der Waals surface area contributed by atoms with Gasteiger partial charge in [0.15, 0.2) is 5.43 Å². The van der Waals surface area contributed by atoms with Gasteiger partial charge in [-0.05, 0) is 60.9 Å². The normalized spacial score (nSPS) is 15.8. The molecule has 0 spiro atoms. The minimum atomic E-state index is -0.695. The number of amides is 1. The Labute approximate surface area is 171 Å². The average Bonchev–Trinajstić information content (AvgIpc) is 3.30. The van der Waals surface area contributed by atoms with Gasteiger partial charge in [0.2, 0.25) is 5.76 Å². The summed E-state index contributed by atoms with van der Waals surface area (Å²) in [5.74, 6) is -0.183. The Morgan fingerprint density at radius 1 is 1.07 bits per heavy atom. The molecule has 0 radical (unpaired) electrons. The zero-order valence-electron chi connectivity index (χ0n) is 16.4. The standard InChI is InChI=1S/C24H18FNO4/c1-13-10-14(2)19-18(11-13)30-23-20(22(19)27)21(15-5-7-16(25)8-6-15)26(24(23)28)12-17-4-3-9-29-17/h3-11,21H,12H2,1-2H3/t21-/m1/s1. The second-order valence-electron chi connectivity index (χ2n) is 7.60. The quantitative estimate of drug-likeness (QED) is 0.489. The molecule has 150 valence electrons. The molecule has 1 aliphatic heterocycles. The lowest BCUT2D eigenvalue weighted by molar-refractivity contribution is 0.0701. The van der Waals surface area contributed by atoms with Crippen LogP contribution in [0.25, 0.3) is 11.0 Å². The minimum Gasteiger partial charge on any atom is -0.467 e. The maximum Gasteiger partial charge on any atom is 0.291 e. The molecule has 1 amide bonds. The Kier molecular flexibility index (Phi) is 4.10. The first-order valence-electron chi connectivity index (χ1n) is 9.61. The Morgan fingerprint density at radius 3 is 2.53 bits per heavy atom. The number of aryl methyl sites for hydroxylation is 2. The molecule has 3 heterocycles.